The van der Waals surface area contributed by atoms with Crippen LogP contribution < -0.4 is 14.8 Å². The molecule has 1 fully saturated rings. The largest absolute Gasteiger partial charge is 0.454 e. The maximum atomic E-state index is 12.9. The summed E-state index contributed by atoms with van der Waals surface area (Å²) < 4.78 is 16.7. The van der Waals surface area contributed by atoms with E-state index in [0.717, 1.165) is 43.0 Å². The van der Waals surface area contributed by atoms with Crippen molar-refractivity contribution in [3.63, 3.8) is 0 Å². The summed E-state index contributed by atoms with van der Waals surface area (Å²) in [6, 6.07) is 14.6. The predicted molar refractivity (Wildman–Crippen MR) is 124 cm³/mol. The van der Waals surface area contributed by atoms with Gasteiger partial charge < -0.3 is 19.5 Å². The van der Waals surface area contributed by atoms with Gasteiger partial charge in [0.25, 0.3) is 5.91 Å². The van der Waals surface area contributed by atoms with Gasteiger partial charge in [-0.1, -0.05) is 25.1 Å². The summed E-state index contributed by atoms with van der Waals surface area (Å²) in [5, 5.41) is 3.19. The number of amides is 1. The Balaban J connectivity index is 1.44. The highest BCUT2D eigenvalue weighted by molar-refractivity contribution is 5.94. The van der Waals surface area contributed by atoms with Crippen molar-refractivity contribution in [3.8, 4) is 11.5 Å². The van der Waals surface area contributed by atoms with Gasteiger partial charge in [-0.25, -0.2) is 0 Å². The number of nitrogens with zero attached hydrogens (tertiary/aromatic N) is 1. The molecule has 1 saturated heterocycles. The van der Waals surface area contributed by atoms with Crippen molar-refractivity contribution in [3.05, 3.63) is 59.2 Å². The van der Waals surface area contributed by atoms with Crippen molar-refractivity contribution in [1.82, 2.24) is 10.2 Å². The minimum absolute atomic E-state index is 0.0423. The van der Waals surface area contributed by atoms with E-state index in [1.54, 1.807) is 0 Å². The van der Waals surface area contributed by atoms with E-state index >= 15 is 0 Å². The van der Waals surface area contributed by atoms with Gasteiger partial charge >= 0.3 is 0 Å². The van der Waals surface area contributed by atoms with Crippen LogP contribution in [0.3, 0.4) is 0 Å². The average molecular weight is 439 g/mol. The molecule has 6 heteroatoms. The summed E-state index contributed by atoms with van der Waals surface area (Å²) in [6.07, 6.45) is 1.71. The second-order valence-electron chi connectivity index (χ2n) is 9.00. The topological polar surface area (TPSA) is 60.0 Å². The molecular formula is C26H34N2O4. The predicted octanol–water partition coefficient (Wildman–Crippen LogP) is 4.12. The van der Waals surface area contributed by atoms with Gasteiger partial charge in [0, 0.05) is 43.3 Å². The number of ether oxygens (including phenoxy) is 3. The van der Waals surface area contributed by atoms with Crippen molar-refractivity contribution < 1.29 is 19.0 Å². The number of benzene rings is 2. The molecule has 4 rings (SSSR count). The maximum absolute atomic E-state index is 12.9. The molecule has 0 aliphatic carbocycles. The summed E-state index contributed by atoms with van der Waals surface area (Å²) in [6.45, 7) is 10.7. The van der Waals surface area contributed by atoms with Crippen LogP contribution in [-0.2, 0) is 16.7 Å². The quantitative estimate of drug-likeness (QED) is 0.672. The lowest BCUT2D eigenvalue weighted by atomic mass is 9.74. The lowest BCUT2D eigenvalue weighted by Crippen LogP contribution is -2.44. The van der Waals surface area contributed by atoms with Crippen molar-refractivity contribution in [1.29, 1.82) is 0 Å². The Morgan fingerprint density at radius 1 is 1.06 bits per heavy atom. The third-order valence-corrected chi connectivity index (χ3v) is 6.76. The smallest absolute Gasteiger partial charge is 0.251 e. The van der Waals surface area contributed by atoms with E-state index in [1.165, 1.54) is 5.56 Å². The molecule has 172 valence electrons. The highest BCUT2D eigenvalue weighted by Gasteiger charge is 2.36. The lowest BCUT2D eigenvalue weighted by molar-refractivity contribution is 0.0486. The minimum Gasteiger partial charge on any atom is -0.454 e. The second kappa shape index (κ2) is 9.92. The van der Waals surface area contributed by atoms with Gasteiger partial charge in [0.05, 0.1) is 0 Å². The monoisotopic (exact) mass is 438 g/mol. The number of nitrogens with one attached hydrogen (secondary N) is 1. The first-order valence-corrected chi connectivity index (χ1v) is 11.6. The molecule has 0 saturated carbocycles. The number of carbonyl (C=O) groups excluding carboxylic acids is 1. The molecule has 6 nitrogen and oxygen atoms in total. The van der Waals surface area contributed by atoms with Crippen LogP contribution >= 0.6 is 0 Å². The molecule has 1 amide bonds. The van der Waals surface area contributed by atoms with Gasteiger partial charge in [-0.2, -0.15) is 0 Å². The zero-order valence-corrected chi connectivity index (χ0v) is 19.4. The maximum Gasteiger partial charge on any atom is 0.251 e. The molecular weight excluding hydrogens is 404 g/mol. The molecule has 2 aromatic carbocycles. The summed E-state index contributed by atoms with van der Waals surface area (Å²) in [5.41, 5.74) is 2.90. The van der Waals surface area contributed by atoms with Crippen LogP contribution in [0.5, 0.6) is 11.5 Å². The molecule has 0 radical (unpaired) electrons. The molecule has 0 bridgehead atoms. The molecule has 0 atom stereocenters. The molecule has 2 aliphatic heterocycles. The first kappa shape index (κ1) is 22.6. The fourth-order valence-corrected chi connectivity index (χ4v) is 4.56. The van der Waals surface area contributed by atoms with Gasteiger partial charge in [-0.05, 0) is 68.6 Å². The molecule has 1 N–H and O–H groups in total. The van der Waals surface area contributed by atoms with Crippen LogP contribution in [0.1, 0.15) is 55.1 Å². The van der Waals surface area contributed by atoms with E-state index in [0.29, 0.717) is 31.4 Å². The van der Waals surface area contributed by atoms with Crippen LogP contribution in [0.15, 0.2) is 42.5 Å². The zero-order chi connectivity index (χ0) is 22.6. The Morgan fingerprint density at radius 3 is 2.47 bits per heavy atom. The van der Waals surface area contributed by atoms with Crippen LogP contribution in [0.4, 0.5) is 0 Å². The van der Waals surface area contributed by atoms with Crippen LogP contribution in [0.2, 0.25) is 0 Å². The molecule has 0 spiro atoms. The summed E-state index contributed by atoms with van der Waals surface area (Å²) in [4.78, 5) is 15.3. The van der Waals surface area contributed by atoms with Crippen molar-refractivity contribution in [2.24, 2.45) is 0 Å². The van der Waals surface area contributed by atoms with Gasteiger partial charge in [0.1, 0.15) is 0 Å². The van der Waals surface area contributed by atoms with Crippen molar-refractivity contribution in [2.75, 3.05) is 33.1 Å². The van der Waals surface area contributed by atoms with Gasteiger partial charge in [0.15, 0.2) is 11.5 Å². The standard InChI is InChI=1S/C26H34N2O4/c1-4-28(19(2)3)16-20-5-7-21(8-6-20)25(29)27-17-26(11-13-30-14-12-26)22-9-10-23-24(15-22)32-18-31-23/h5-10,15,19H,4,11-14,16-18H2,1-3H3,(H,27,29). The summed E-state index contributed by atoms with van der Waals surface area (Å²) in [7, 11) is 0. The SMILES string of the molecule is CCN(Cc1ccc(C(=O)NCC2(c3ccc4c(c3)OCO4)CCOCC2)cc1)C(C)C. The molecule has 0 aromatic heterocycles. The average Bonchev–Trinajstić information content (AvgIpc) is 3.30. The van der Waals surface area contributed by atoms with Crippen LogP contribution in [-0.4, -0.2) is 49.9 Å². The van der Waals surface area contributed by atoms with Crippen molar-refractivity contribution >= 4 is 5.91 Å². The lowest BCUT2D eigenvalue weighted by Gasteiger charge is -2.38. The Kier molecular flexibility index (Phi) is 7.01. The fourth-order valence-electron chi connectivity index (χ4n) is 4.56. The number of hydrogen-bond acceptors (Lipinski definition) is 5. The Labute approximate surface area is 190 Å². The van der Waals surface area contributed by atoms with Crippen molar-refractivity contribution in [2.45, 2.75) is 51.6 Å². The van der Waals surface area contributed by atoms with E-state index < -0.39 is 0 Å². The van der Waals surface area contributed by atoms with Gasteiger partial charge in [-0.3, -0.25) is 9.69 Å². The summed E-state index contributed by atoms with van der Waals surface area (Å²) in [5.74, 6) is 1.51. The highest BCUT2D eigenvalue weighted by Crippen LogP contribution is 2.40. The molecule has 2 aromatic rings. The number of hydrogen-bond donors (Lipinski definition) is 1. The van der Waals surface area contributed by atoms with E-state index in [9.17, 15) is 4.79 Å². The molecule has 0 unspecified atom stereocenters. The fraction of sp³-hybridized carbons (Fsp3) is 0.500. The highest BCUT2D eigenvalue weighted by atomic mass is 16.7. The van der Waals surface area contributed by atoms with Crippen LogP contribution in [0.25, 0.3) is 0 Å². The van der Waals surface area contributed by atoms with Gasteiger partial charge in [-0.15, -0.1) is 0 Å². The van der Waals surface area contributed by atoms with E-state index in [2.05, 4.69) is 55.3 Å². The van der Waals surface area contributed by atoms with Crippen LogP contribution in [0, 0.1) is 0 Å². The van der Waals surface area contributed by atoms with E-state index in [1.807, 2.05) is 18.2 Å². The first-order valence-electron chi connectivity index (χ1n) is 11.6. The van der Waals surface area contributed by atoms with E-state index in [4.69, 9.17) is 14.2 Å². The molecule has 2 aliphatic rings. The second-order valence-corrected chi connectivity index (χ2v) is 9.00. The third kappa shape index (κ3) is 4.92. The normalized spacial score (nSPS) is 17.0. The number of fused-ring (bicyclic) bond motifs is 1. The first-order chi connectivity index (χ1) is 15.5. The minimum atomic E-state index is -0.173. The number of rotatable bonds is 8. The molecule has 2 heterocycles. The van der Waals surface area contributed by atoms with Gasteiger partial charge in [0.2, 0.25) is 6.79 Å². The Bertz CT molecular complexity index is 920. The Hall–Kier alpha value is -2.57. The zero-order valence-electron chi connectivity index (χ0n) is 19.4. The summed E-state index contributed by atoms with van der Waals surface area (Å²) >= 11 is 0. The van der Waals surface area contributed by atoms with E-state index in [-0.39, 0.29) is 18.1 Å². The molecule has 32 heavy (non-hydrogen) atoms. The number of carbonyl (C=O) groups is 1. The third-order valence-electron chi connectivity index (χ3n) is 6.76. The Morgan fingerprint density at radius 2 is 1.78 bits per heavy atom.